The lowest BCUT2D eigenvalue weighted by atomic mass is 10.4. The number of carbonyl (C=O) groups excluding carboxylic acids is 1. The molecule has 0 fully saturated rings. The minimum absolute atomic E-state index is 0.388. The molecule has 0 aliphatic carbocycles. The van der Waals surface area contributed by atoms with E-state index < -0.39 is 0 Å². The second kappa shape index (κ2) is 3.62. The van der Waals surface area contributed by atoms with Crippen LogP contribution in [0.4, 0.5) is 0 Å². The second-order valence-electron chi connectivity index (χ2n) is 3.03. The van der Waals surface area contributed by atoms with Crippen LogP contribution in [-0.2, 0) is 4.79 Å². The fraction of sp³-hybridized carbons (Fsp3) is 0.222. The summed E-state index contributed by atoms with van der Waals surface area (Å²) in [6.07, 6.45) is 3.25. The van der Waals surface area contributed by atoms with Gasteiger partial charge in [0.2, 0.25) is 0 Å². The van der Waals surface area contributed by atoms with Gasteiger partial charge in [0.15, 0.2) is 0 Å². The molecule has 0 aliphatic rings. The highest BCUT2D eigenvalue weighted by atomic mass is 79.9. The molecule has 0 aliphatic heterocycles. The minimum Gasteiger partial charge on any atom is -0.335 e. The quantitative estimate of drug-likeness (QED) is 0.787. The highest BCUT2D eigenvalue weighted by Gasteiger charge is 2.12. The summed E-state index contributed by atoms with van der Waals surface area (Å²) in [5.41, 5.74) is 1.39. The van der Waals surface area contributed by atoms with Crippen LogP contribution in [0, 0.1) is 6.92 Å². The zero-order chi connectivity index (χ0) is 11.0. The maximum Gasteiger partial charge on any atom is 0.329 e. The zero-order valence-electron chi connectivity index (χ0n) is 8.19. The Bertz CT molecular complexity index is 535. The summed E-state index contributed by atoms with van der Waals surface area (Å²) < 4.78 is 2.13. The highest BCUT2D eigenvalue weighted by molar-refractivity contribution is 9.10. The van der Waals surface area contributed by atoms with Gasteiger partial charge in [0.1, 0.15) is 16.9 Å². The van der Waals surface area contributed by atoms with Gasteiger partial charge in [-0.2, -0.15) is 4.73 Å². The van der Waals surface area contributed by atoms with E-state index in [1.165, 1.54) is 11.7 Å². The Hall–Kier alpha value is -1.43. The van der Waals surface area contributed by atoms with Crippen LogP contribution in [0.15, 0.2) is 16.9 Å². The molecule has 0 unspecified atom stereocenters. The second-order valence-corrected chi connectivity index (χ2v) is 3.88. The SMILES string of the molecule is CC(=O)On1c(C)nc2cncc(Br)c21. The molecule has 6 heteroatoms. The number of imidazole rings is 1. The van der Waals surface area contributed by atoms with E-state index in [9.17, 15) is 4.79 Å². The van der Waals surface area contributed by atoms with Gasteiger partial charge in [-0.25, -0.2) is 9.78 Å². The Morgan fingerprint density at radius 1 is 1.53 bits per heavy atom. The molecule has 5 nitrogen and oxygen atoms in total. The van der Waals surface area contributed by atoms with Crippen LogP contribution in [0.3, 0.4) is 0 Å². The molecule has 0 saturated heterocycles. The number of nitrogens with zero attached hydrogens (tertiary/aromatic N) is 3. The molecular formula is C9H8BrN3O2. The Morgan fingerprint density at radius 3 is 2.93 bits per heavy atom. The fourth-order valence-electron chi connectivity index (χ4n) is 1.32. The molecule has 0 radical (unpaired) electrons. The molecule has 0 N–H and O–H groups in total. The number of fused-ring (bicyclic) bond motifs is 1. The van der Waals surface area contributed by atoms with Crippen molar-refractivity contribution in [2.24, 2.45) is 0 Å². The first-order valence-electron chi connectivity index (χ1n) is 4.27. The van der Waals surface area contributed by atoms with Gasteiger partial charge in [-0.3, -0.25) is 4.98 Å². The standard InChI is InChI=1S/C9H8BrN3O2/c1-5-12-8-4-11-3-7(10)9(8)13(5)15-6(2)14/h3-4H,1-2H3. The lowest BCUT2D eigenvalue weighted by Crippen LogP contribution is -2.17. The van der Waals surface area contributed by atoms with Crippen LogP contribution in [-0.4, -0.2) is 20.7 Å². The van der Waals surface area contributed by atoms with Gasteiger partial charge in [0.25, 0.3) is 0 Å². The van der Waals surface area contributed by atoms with E-state index in [0.717, 1.165) is 4.47 Å². The average Bonchev–Trinajstić information content (AvgIpc) is 2.43. The molecule has 0 bridgehead atoms. The number of hydrogen-bond acceptors (Lipinski definition) is 4. The number of aromatic nitrogens is 3. The van der Waals surface area contributed by atoms with Crippen molar-refractivity contribution >= 4 is 32.9 Å². The molecule has 2 heterocycles. The molecule has 2 aromatic rings. The third-order valence-electron chi connectivity index (χ3n) is 1.85. The van der Waals surface area contributed by atoms with E-state index in [4.69, 9.17) is 4.84 Å². The van der Waals surface area contributed by atoms with Crippen molar-refractivity contribution in [3.8, 4) is 0 Å². The van der Waals surface area contributed by atoms with Crippen molar-refractivity contribution in [2.45, 2.75) is 13.8 Å². The number of carbonyl (C=O) groups is 1. The Labute approximate surface area is 94.2 Å². The Balaban J connectivity index is 2.71. The monoisotopic (exact) mass is 269 g/mol. The van der Waals surface area contributed by atoms with Crippen LogP contribution in [0.25, 0.3) is 11.0 Å². The molecule has 2 rings (SSSR count). The number of hydrogen-bond donors (Lipinski definition) is 0. The summed E-state index contributed by atoms with van der Waals surface area (Å²) in [4.78, 5) is 24.2. The minimum atomic E-state index is -0.388. The number of aryl methyl sites for hydroxylation is 1. The van der Waals surface area contributed by atoms with Crippen LogP contribution in [0.5, 0.6) is 0 Å². The normalized spacial score (nSPS) is 10.6. The largest absolute Gasteiger partial charge is 0.335 e. The molecule has 0 aromatic carbocycles. The average molecular weight is 270 g/mol. The fourth-order valence-corrected chi connectivity index (χ4v) is 1.80. The summed E-state index contributed by atoms with van der Waals surface area (Å²) in [6, 6.07) is 0. The molecule has 0 atom stereocenters. The molecule has 0 amide bonds. The smallest absolute Gasteiger partial charge is 0.329 e. The van der Waals surface area contributed by atoms with Gasteiger partial charge < -0.3 is 4.84 Å². The lowest BCUT2D eigenvalue weighted by molar-refractivity contribution is -0.141. The predicted molar refractivity (Wildman–Crippen MR) is 57.2 cm³/mol. The summed E-state index contributed by atoms with van der Waals surface area (Å²) in [5.74, 6) is 0.218. The number of rotatable bonds is 1. The van der Waals surface area contributed by atoms with Gasteiger partial charge in [-0.15, -0.1) is 0 Å². The molecule has 0 spiro atoms. The number of pyridine rings is 1. The maximum atomic E-state index is 10.9. The van der Waals surface area contributed by atoms with Crippen LogP contribution in [0.2, 0.25) is 0 Å². The topological polar surface area (TPSA) is 57.0 Å². The van der Waals surface area contributed by atoms with Gasteiger partial charge in [-0.05, 0) is 22.9 Å². The summed E-state index contributed by atoms with van der Waals surface area (Å²) in [6.45, 7) is 3.11. The van der Waals surface area contributed by atoms with E-state index in [-0.39, 0.29) is 5.97 Å². The van der Waals surface area contributed by atoms with Gasteiger partial charge >= 0.3 is 5.97 Å². The molecular weight excluding hydrogens is 262 g/mol. The van der Waals surface area contributed by atoms with Crippen LogP contribution >= 0.6 is 15.9 Å². The van der Waals surface area contributed by atoms with E-state index in [1.807, 2.05) is 0 Å². The van der Waals surface area contributed by atoms with E-state index in [1.54, 1.807) is 19.3 Å². The Kier molecular flexibility index (Phi) is 2.44. The van der Waals surface area contributed by atoms with E-state index in [0.29, 0.717) is 16.9 Å². The summed E-state index contributed by atoms with van der Waals surface area (Å²) in [5, 5.41) is 0. The van der Waals surface area contributed by atoms with Crippen molar-refractivity contribution in [1.82, 2.24) is 14.7 Å². The van der Waals surface area contributed by atoms with Gasteiger partial charge in [0.05, 0.1) is 10.7 Å². The van der Waals surface area contributed by atoms with Crippen molar-refractivity contribution in [3.63, 3.8) is 0 Å². The molecule has 0 saturated carbocycles. The lowest BCUT2D eigenvalue weighted by Gasteiger charge is -2.04. The van der Waals surface area contributed by atoms with Crippen molar-refractivity contribution in [3.05, 3.63) is 22.7 Å². The summed E-state index contributed by atoms with van der Waals surface area (Å²) in [7, 11) is 0. The van der Waals surface area contributed by atoms with Crippen molar-refractivity contribution in [2.75, 3.05) is 0 Å². The number of halogens is 1. The highest BCUT2D eigenvalue weighted by Crippen LogP contribution is 2.22. The van der Waals surface area contributed by atoms with Crippen LogP contribution < -0.4 is 4.84 Å². The molecule has 15 heavy (non-hydrogen) atoms. The first-order chi connectivity index (χ1) is 7.09. The maximum absolute atomic E-state index is 10.9. The van der Waals surface area contributed by atoms with Gasteiger partial charge in [-0.1, -0.05) is 0 Å². The first-order valence-corrected chi connectivity index (χ1v) is 5.06. The predicted octanol–water partition coefficient (Wildman–Crippen LogP) is 1.48. The first kappa shape index (κ1) is 10.1. The third kappa shape index (κ3) is 1.72. The van der Waals surface area contributed by atoms with Crippen molar-refractivity contribution in [1.29, 1.82) is 0 Å². The van der Waals surface area contributed by atoms with E-state index in [2.05, 4.69) is 25.9 Å². The van der Waals surface area contributed by atoms with Gasteiger partial charge in [0, 0.05) is 13.1 Å². The Morgan fingerprint density at radius 2 is 2.27 bits per heavy atom. The van der Waals surface area contributed by atoms with Crippen LogP contribution in [0.1, 0.15) is 12.7 Å². The molecule has 78 valence electrons. The molecule has 2 aromatic heterocycles. The third-order valence-corrected chi connectivity index (χ3v) is 2.43. The summed E-state index contributed by atoms with van der Waals surface area (Å²) >= 11 is 3.34. The van der Waals surface area contributed by atoms with Crippen molar-refractivity contribution < 1.29 is 9.63 Å². The van der Waals surface area contributed by atoms with E-state index >= 15 is 0 Å². The zero-order valence-corrected chi connectivity index (χ0v) is 9.78.